The van der Waals surface area contributed by atoms with Crippen LogP contribution in [0.1, 0.15) is 32.1 Å². The lowest BCUT2D eigenvalue weighted by Gasteiger charge is -2.37. The van der Waals surface area contributed by atoms with Crippen molar-refractivity contribution in [3.05, 3.63) is 33.1 Å². The van der Waals surface area contributed by atoms with Crippen molar-refractivity contribution in [2.45, 2.75) is 50.7 Å². The average Bonchev–Trinajstić information content (AvgIpc) is 3.00. The summed E-state index contributed by atoms with van der Waals surface area (Å²) >= 11 is 0. The number of fused-ring (bicyclic) bond motifs is 4. The van der Waals surface area contributed by atoms with Crippen molar-refractivity contribution in [2.24, 2.45) is 5.92 Å². The van der Waals surface area contributed by atoms with Crippen molar-refractivity contribution in [1.82, 2.24) is 19.4 Å². The van der Waals surface area contributed by atoms with Crippen LogP contribution >= 0.6 is 0 Å². The van der Waals surface area contributed by atoms with E-state index < -0.39 is 11.2 Å². The highest BCUT2D eigenvalue weighted by Gasteiger charge is 2.39. The van der Waals surface area contributed by atoms with Crippen LogP contribution in [-0.4, -0.2) is 70.2 Å². The highest BCUT2D eigenvalue weighted by atomic mass is 16.5. The number of amides is 1. The molecule has 0 saturated carbocycles. The summed E-state index contributed by atoms with van der Waals surface area (Å²) in [4.78, 5) is 42.7. The Hall–Kier alpha value is -1.93. The standard InChI is InChI=1S/C19H28N4O4/c24-17-3-7-21(19(26)20-17)8-4-18(25)23-12-14-1-2-16(23)13-22(11-14)15-5-9-27-10-6-15/h3,7,14-16H,1-2,4-6,8-13H2,(H,20,24,26). The van der Waals surface area contributed by atoms with Gasteiger partial charge in [-0.25, -0.2) is 4.79 Å². The molecule has 1 amide bonds. The SMILES string of the molecule is O=C(CCn1ccc(=O)[nH]c1=O)N1CC2CCC1CN(C1CCOCC1)C2. The zero-order valence-electron chi connectivity index (χ0n) is 15.6. The van der Waals surface area contributed by atoms with Gasteiger partial charge in [0.05, 0.1) is 0 Å². The molecule has 2 atom stereocenters. The Kier molecular flexibility index (Phi) is 5.45. The first-order chi connectivity index (χ1) is 13.1. The van der Waals surface area contributed by atoms with Crippen molar-refractivity contribution < 1.29 is 9.53 Å². The quantitative estimate of drug-likeness (QED) is 0.801. The van der Waals surface area contributed by atoms with Gasteiger partial charge in [-0.05, 0) is 31.6 Å². The molecule has 1 aromatic rings. The van der Waals surface area contributed by atoms with E-state index >= 15 is 0 Å². The van der Waals surface area contributed by atoms with Crippen molar-refractivity contribution in [3.8, 4) is 0 Å². The van der Waals surface area contributed by atoms with Crippen LogP contribution in [0.25, 0.3) is 0 Å². The summed E-state index contributed by atoms with van der Waals surface area (Å²) in [7, 11) is 0. The fraction of sp³-hybridized carbons (Fsp3) is 0.737. The largest absolute Gasteiger partial charge is 0.381 e. The number of aromatic amines is 1. The number of hydrogen-bond acceptors (Lipinski definition) is 5. The molecule has 148 valence electrons. The van der Waals surface area contributed by atoms with Crippen LogP contribution in [-0.2, 0) is 16.1 Å². The molecule has 0 aromatic carbocycles. The highest BCUT2D eigenvalue weighted by Crippen LogP contribution is 2.31. The summed E-state index contributed by atoms with van der Waals surface area (Å²) in [6.07, 6.45) is 6.16. The van der Waals surface area contributed by atoms with Crippen molar-refractivity contribution >= 4 is 5.91 Å². The molecule has 5 rings (SSSR count). The Bertz CT molecular complexity index is 782. The van der Waals surface area contributed by atoms with Crippen LogP contribution < -0.4 is 11.2 Å². The van der Waals surface area contributed by atoms with Crippen LogP contribution in [0, 0.1) is 5.92 Å². The molecule has 4 fully saturated rings. The van der Waals surface area contributed by atoms with Crippen molar-refractivity contribution in [1.29, 1.82) is 0 Å². The fourth-order valence-corrected chi connectivity index (χ4v) is 4.75. The van der Waals surface area contributed by atoms with Crippen LogP contribution in [0.3, 0.4) is 0 Å². The molecular formula is C19H28N4O4. The molecule has 4 aliphatic rings. The Morgan fingerprint density at radius 2 is 1.89 bits per heavy atom. The molecule has 1 N–H and O–H groups in total. The third-order valence-electron chi connectivity index (χ3n) is 6.23. The molecule has 5 heterocycles. The summed E-state index contributed by atoms with van der Waals surface area (Å²) in [6.45, 7) is 4.83. The van der Waals surface area contributed by atoms with Gasteiger partial charge < -0.3 is 14.2 Å². The minimum absolute atomic E-state index is 0.108. The molecule has 2 unspecified atom stereocenters. The minimum Gasteiger partial charge on any atom is -0.381 e. The lowest BCUT2D eigenvalue weighted by atomic mass is 9.94. The molecule has 1 aromatic heterocycles. The van der Waals surface area contributed by atoms with Gasteiger partial charge >= 0.3 is 5.69 Å². The number of hydrogen-bond donors (Lipinski definition) is 1. The van der Waals surface area contributed by atoms with E-state index in [1.807, 2.05) is 4.90 Å². The van der Waals surface area contributed by atoms with E-state index in [4.69, 9.17) is 4.74 Å². The number of aryl methyl sites for hydroxylation is 1. The topological polar surface area (TPSA) is 87.6 Å². The van der Waals surface area contributed by atoms with Crippen LogP contribution in [0.15, 0.2) is 21.9 Å². The Labute approximate surface area is 158 Å². The maximum absolute atomic E-state index is 12.9. The average molecular weight is 376 g/mol. The molecule has 8 nitrogen and oxygen atoms in total. The number of carbonyl (C=O) groups excluding carboxylic acids is 1. The molecule has 0 spiro atoms. The number of H-pyrrole nitrogens is 1. The van der Waals surface area contributed by atoms with E-state index in [-0.39, 0.29) is 18.4 Å². The number of piperidine rings is 1. The normalized spacial score (nSPS) is 26.9. The maximum Gasteiger partial charge on any atom is 0.328 e. The van der Waals surface area contributed by atoms with Gasteiger partial charge in [-0.15, -0.1) is 0 Å². The van der Waals surface area contributed by atoms with E-state index in [1.165, 1.54) is 23.3 Å². The lowest BCUT2D eigenvalue weighted by Crippen LogP contribution is -2.48. The first-order valence-electron chi connectivity index (χ1n) is 10.0. The van der Waals surface area contributed by atoms with Crippen molar-refractivity contribution in [3.63, 3.8) is 0 Å². The summed E-state index contributed by atoms with van der Waals surface area (Å²) < 4.78 is 6.89. The maximum atomic E-state index is 12.9. The van der Waals surface area contributed by atoms with Gasteiger partial charge in [0.25, 0.3) is 5.56 Å². The second-order valence-electron chi connectivity index (χ2n) is 7.99. The molecule has 4 saturated heterocycles. The van der Waals surface area contributed by atoms with Gasteiger partial charge in [-0.2, -0.15) is 0 Å². The summed E-state index contributed by atoms with van der Waals surface area (Å²) in [5.41, 5.74) is -0.876. The number of nitrogens with zero attached hydrogens (tertiary/aromatic N) is 3. The van der Waals surface area contributed by atoms with E-state index in [0.29, 0.717) is 18.5 Å². The van der Waals surface area contributed by atoms with Crippen LogP contribution in [0.4, 0.5) is 0 Å². The highest BCUT2D eigenvalue weighted by molar-refractivity contribution is 5.76. The van der Waals surface area contributed by atoms with Gasteiger partial charge in [0, 0.05) is 70.2 Å². The third-order valence-corrected chi connectivity index (χ3v) is 6.23. The van der Waals surface area contributed by atoms with Gasteiger partial charge in [0.15, 0.2) is 0 Å². The molecule has 27 heavy (non-hydrogen) atoms. The number of nitrogens with one attached hydrogen (secondary N) is 1. The van der Waals surface area contributed by atoms with E-state index in [9.17, 15) is 14.4 Å². The van der Waals surface area contributed by atoms with E-state index in [0.717, 1.165) is 52.1 Å². The predicted molar refractivity (Wildman–Crippen MR) is 99.6 cm³/mol. The molecule has 4 aliphatic heterocycles. The van der Waals surface area contributed by atoms with Gasteiger partial charge in [-0.3, -0.25) is 19.5 Å². The number of rotatable bonds is 4. The second kappa shape index (κ2) is 7.98. The van der Waals surface area contributed by atoms with E-state index in [1.54, 1.807) is 0 Å². The predicted octanol–water partition coefficient (Wildman–Crippen LogP) is 0.0285. The molecule has 0 radical (unpaired) electrons. The molecule has 0 aliphatic carbocycles. The fourth-order valence-electron chi connectivity index (χ4n) is 4.75. The smallest absolute Gasteiger partial charge is 0.328 e. The number of carbonyl (C=O) groups is 1. The first kappa shape index (κ1) is 18.4. The molecular weight excluding hydrogens is 348 g/mol. The monoisotopic (exact) mass is 376 g/mol. The zero-order valence-corrected chi connectivity index (χ0v) is 15.6. The zero-order chi connectivity index (χ0) is 18.8. The summed E-state index contributed by atoms with van der Waals surface area (Å²) in [5.74, 6) is 0.642. The summed E-state index contributed by atoms with van der Waals surface area (Å²) in [5, 5.41) is 0. The van der Waals surface area contributed by atoms with Gasteiger partial charge in [-0.1, -0.05) is 0 Å². The lowest BCUT2D eigenvalue weighted by molar-refractivity contribution is -0.135. The van der Waals surface area contributed by atoms with E-state index in [2.05, 4.69) is 9.88 Å². The van der Waals surface area contributed by atoms with Crippen LogP contribution in [0.5, 0.6) is 0 Å². The minimum atomic E-state index is -0.460. The Balaban J connectivity index is 1.39. The van der Waals surface area contributed by atoms with Gasteiger partial charge in [0.2, 0.25) is 5.91 Å². The Morgan fingerprint density at radius 1 is 1.07 bits per heavy atom. The molecule has 8 heteroatoms. The van der Waals surface area contributed by atoms with Crippen molar-refractivity contribution in [2.75, 3.05) is 32.8 Å². The second-order valence-corrected chi connectivity index (χ2v) is 7.99. The number of ether oxygens (including phenoxy) is 1. The summed E-state index contributed by atoms with van der Waals surface area (Å²) in [6, 6.07) is 2.16. The first-order valence-corrected chi connectivity index (χ1v) is 10.0. The Morgan fingerprint density at radius 3 is 2.67 bits per heavy atom. The van der Waals surface area contributed by atoms with Crippen LogP contribution in [0.2, 0.25) is 0 Å². The number of aromatic nitrogens is 2. The third kappa shape index (κ3) is 4.16. The van der Waals surface area contributed by atoms with Gasteiger partial charge in [0.1, 0.15) is 0 Å². The molecule has 2 bridgehead atoms.